The fraction of sp³-hybridized carbons (Fsp3) is 0.429. The van der Waals surface area contributed by atoms with Crippen molar-refractivity contribution in [2.24, 2.45) is 0 Å². The first-order valence-electron chi connectivity index (χ1n) is 6.34. The number of carbonyl (C=O) groups is 2. The maximum atomic E-state index is 12.2. The van der Waals surface area contributed by atoms with E-state index in [2.05, 4.69) is 5.32 Å². The molecular formula is C14H18N2O2S. The van der Waals surface area contributed by atoms with Crippen LogP contribution in [0.4, 0.5) is 5.69 Å². The van der Waals surface area contributed by atoms with Crippen molar-refractivity contribution in [2.75, 3.05) is 18.1 Å². The molecule has 0 bridgehead atoms. The van der Waals surface area contributed by atoms with Crippen LogP contribution in [-0.2, 0) is 9.59 Å². The van der Waals surface area contributed by atoms with Gasteiger partial charge in [0.2, 0.25) is 11.8 Å². The van der Waals surface area contributed by atoms with E-state index in [-0.39, 0.29) is 17.9 Å². The summed E-state index contributed by atoms with van der Waals surface area (Å²) in [5, 5.41) is 2.90. The molecule has 0 unspecified atom stereocenters. The average Bonchev–Trinajstić information content (AvgIpc) is 2.88. The van der Waals surface area contributed by atoms with Crippen LogP contribution in [0.3, 0.4) is 0 Å². The Morgan fingerprint density at radius 2 is 2.21 bits per heavy atom. The van der Waals surface area contributed by atoms with Gasteiger partial charge in [0.05, 0.1) is 0 Å². The first-order valence-corrected chi connectivity index (χ1v) is 7.56. The highest BCUT2D eigenvalue weighted by Crippen LogP contribution is 2.22. The van der Waals surface area contributed by atoms with E-state index in [1.165, 1.54) is 6.92 Å². The molecule has 1 aromatic rings. The highest BCUT2D eigenvalue weighted by molar-refractivity contribution is 7.98. The van der Waals surface area contributed by atoms with E-state index < -0.39 is 0 Å². The van der Waals surface area contributed by atoms with Crippen molar-refractivity contribution in [3.63, 3.8) is 0 Å². The van der Waals surface area contributed by atoms with E-state index in [1.807, 2.05) is 30.5 Å². The molecule has 1 aromatic carbocycles. The summed E-state index contributed by atoms with van der Waals surface area (Å²) >= 11 is 1.63. The first-order chi connectivity index (χ1) is 9.11. The lowest BCUT2D eigenvalue weighted by Crippen LogP contribution is -2.42. The number of hydrogen-bond donors (Lipinski definition) is 1. The van der Waals surface area contributed by atoms with Crippen LogP contribution in [0.1, 0.15) is 19.8 Å². The number of hydrogen-bond acceptors (Lipinski definition) is 3. The Kier molecular flexibility index (Phi) is 4.47. The van der Waals surface area contributed by atoms with E-state index in [0.29, 0.717) is 6.54 Å². The second kappa shape index (κ2) is 6.10. The van der Waals surface area contributed by atoms with Gasteiger partial charge in [0, 0.05) is 24.1 Å². The summed E-state index contributed by atoms with van der Waals surface area (Å²) in [6.07, 6.45) is 3.63. The summed E-state index contributed by atoms with van der Waals surface area (Å²) in [7, 11) is 0. The van der Waals surface area contributed by atoms with Gasteiger partial charge in [-0.25, -0.2) is 0 Å². The smallest absolute Gasteiger partial charge is 0.247 e. The largest absolute Gasteiger partial charge is 0.331 e. The highest BCUT2D eigenvalue weighted by atomic mass is 32.2. The van der Waals surface area contributed by atoms with Gasteiger partial charge < -0.3 is 10.2 Å². The molecule has 1 N–H and O–H groups in total. The number of anilines is 1. The van der Waals surface area contributed by atoms with Crippen LogP contribution in [-0.4, -0.2) is 35.6 Å². The quantitative estimate of drug-likeness (QED) is 0.864. The number of nitrogens with one attached hydrogen (secondary N) is 1. The number of thioether (sulfide) groups is 1. The fourth-order valence-corrected chi connectivity index (χ4v) is 2.80. The van der Waals surface area contributed by atoms with Gasteiger partial charge in [-0.05, 0) is 37.3 Å². The molecule has 1 aliphatic rings. The molecule has 1 aliphatic heterocycles. The zero-order valence-corrected chi connectivity index (χ0v) is 12.0. The van der Waals surface area contributed by atoms with Crippen molar-refractivity contribution in [3.05, 3.63) is 24.3 Å². The lowest BCUT2D eigenvalue weighted by atomic mass is 10.2. The third-order valence-corrected chi connectivity index (χ3v) is 4.02. The van der Waals surface area contributed by atoms with Crippen molar-refractivity contribution < 1.29 is 9.59 Å². The number of carbonyl (C=O) groups excluding carboxylic acids is 2. The number of rotatable bonds is 3. The molecule has 4 nitrogen and oxygen atoms in total. The third-order valence-electron chi connectivity index (χ3n) is 3.30. The molecule has 0 aliphatic carbocycles. The normalized spacial score (nSPS) is 18.4. The molecular weight excluding hydrogens is 260 g/mol. The lowest BCUT2D eigenvalue weighted by molar-refractivity contribution is -0.134. The Hall–Kier alpha value is -1.49. The van der Waals surface area contributed by atoms with E-state index in [9.17, 15) is 9.59 Å². The van der Waals surface area contributed by atoms with Crippen LogP contribution in [0.5, 0.6) is 0 Å². The SMILES string of the molecule is CSc1cccc(NC(=O)[C@@H]2CCCN2C(C)=O)c1. The second-order valence-corrected chi connectivity index (χ2v) is 5.47. The predicted octanol–water partition coefficient (Wildman–Crippen LogP) is 2.36. The van der Waals surface area contributed by atoms with Gasteiger partial charge in [-0.1, -0.05) is 6.07 Å². The summed E-state index contributed by atoms with van der Waals surface area (Å²) < 4.78 is 0. The zero-order valence-electron chi connectivity index (χ0n) is 11.2. The van der Waals surface area contributed by atoms with E-state index in [0.717, 1.165) is 23.4 Å². The minimum atomic E-state index is -0.324. The summed E-state index contributed by atoms with van der Waals surface area (Å²) in [6.45, 7) is 2.19. The second-order valence-electron chi connectivity index (χ2n) is 4.59. The van der Waals surface area contributed by atoms with Crippen molar-refractivity contribution in [3.8, 4) is 0 Å². The number of amides is 2. The number of benzene rings is 1. The monoisotopic (exact) mass is 278 g/mol. The lowest BCUT2D eigenvalue weighted by Gasteiger charge is -2.22. The Labute approximate surface area is 117 Å². The van der Waals surface area contributed by atoms with Gasteiger partial charge >= 0.3 is 0 Å². The zero-order chi connectivity index (χ0) is 13.8. The molecule has 0 saturated carbocycles. The Bertz CT molecular complexity index is 490. The third kappa shape index (κ3) is 3.29. The van der Waals surface area contributed by atoms with Crippen LogP contribution in [0, 0.1) is 0 Å². The minimum absolute atomic E-state index is 0.0319. The molecule has 19 heavy (non-hydrogen) atoms. The Morgan fingerprint density at radius 3 is 2.89 bits per heavy atom. The number of likely N-dealkylation sites (tertiary alicyclic amines) is 1. The molecule has 1 saturated heterocycles. The van der Waals surface area contributed by atoms with Crippen LogP contribution < -0.4 is 5.32 Å². The summed E-state index contributed by atoms with van der Waals surface area (Å²) in [5.74, 6) is -0.124. The first kappa shape index (κ1) is 13.9. The topological polar surface area (TPSA) is 49.4 Å². The maximum absolute atomic E-state index is 12.2. The summed E-state index contributed by atoms with van der Waals surface area (Å²) in [4.78, 5) is 26.4. The molecule has 1 heterocycles. The Morgan fingerprint density at radius 1 is 1.42 bits per heavy atom. The van der Waals surface area contributed by atoms with Gasteiger partial charge in [-0.2, -0.15) is 0 Å². The van der Waals surface area contributed by atoms with Crippen LogP contribution in [0.2, 0.25) is 0 Å². The van der Waals surface area contributed by atoms with Gasteiger partial charge in [0.15, 0.2) is 0 Å². The van der Waals surface area contributed by atoms with Gasteiger partial charge in [0.25, 0.3) is 0 Å². The van der Waals surface area contributed by atoms with E-state index in [1.54, 1.807) is 16.7 Å². The molecule has 102 valence electrons. The Balaban J connectivity index is 2.06. The number of nitrogens with zero attached hydrogens (tertiary/aromatic N) is 1. The standard InChI is InChI=1S/C14H18N2O2S/c1-10(17)16-8-4-7-13(16)14(18)15-11-5-3-6-12(9-11)19-2/h3,5-6,9,13H,4,7-8H2,1-2H3,(H,15,18)/t13-/m0/s1. The van der Waals surface area contributed by atoms with Crippen molar-refractivity contribution in [1.29, 1.82) is 0 Å². The van der Waals surface area contributed by atoms with Gasteiger partial charge in [-0.3, -0.25) is 9.59 Å². The molecule has 1 fully saturated rings. The summed E-state index contributed by atoms with van der Waals surface area (Å²) in [5.41, 5.74) is 0.784. The molecule has 0 aromatic heterocycles. The van der Waals surface area contributed by atoms with Gasteiger partial charge in [-0.15, -0.1) is 11.8 Å². The average molecular weight is 278 g/mol. The van der Waals surface area contributed by atoms with Crippen LogP contribution in [0.25, 0.3) is 0 Å². The van der Waals surface area contributed by atoms with Crippen LogP contribution in [0.15, 0.2) is 29.2 Å². The summed E-state index contributed by atoms with van der Waals surface area (Å²) in [6, 6.07) is 7.40. The predicted molar refractivity (Wildman–Crippen MR) is 77.3 cm³/mol. The molecule has 2 rings (SSSR count). The molecule has 0 spiro atoms. The van der Waals surface area contributed by atoms with Crippen LogP contribution >= 0.6 is 11.8 Å². The van der Waals surface area contributed by atoms with Gasteiger partial charge in [0.1, 0.15) is 6.04 Å². The van der Waals surface area contributed by atoms with E-state index >= 15 is 0 Å². The molecule has 5 heteroatoms. The van der Waals surface area contributed by atoms with Crippen molar-refractivity contribution >= 4 is 29.3 Å². The van der Waals surface area contributed by atoms with Crippen molar-refractivity contribution in [1.82, 2.24) is 4.90 Å². The molecule has 2 amide bonds. The fourth-order valence-electron chi connectivity index (χ4n) is 2.34. The maximum Gasteiger partial charge on any atom is 0.247 e. The van der Waals surface area contributed by atoms with Crippen molar-refractivity contribution in [2.45, 2.75) is 30.7 Å². The molecule has 0 radical (unpaired) electrons. The van der Waals surface area contributed by atoms with E-state index in [4.69, 9.17) is 0 Å². The minimum Gasteiger partial charge on any atom is -0.331 e. The highest BCUT2D eigenvalue weighted by Gasteiger charge is 2.32. The molecule has 1 atom stereocenters.